The first-order valence-corrected chi connectivity index (χ1v) is 8.38. The lowest BCUT2D eigenvalue weighted by atomic mass is 10.2. The van der Waals surface area contributed by atoms with E-state index in [0.29, 0.717) is 12.2 Å². The summed E-state index contributed by atoms with van der Waals surface area (Å²) in [5, 5.41) is 6.77. The normalized spacial score (nSPS) is 20.8. The highest BCUT2D eigenvalue weighted by molar-refractivity contribution is 7.91. The fourth-order valence-corrected chi connectivity index (χ4v) is 4.09. The molecular formula is C12H15N5O3S. The minimum atomic E-state index is -3.03. The summed E-state index contributed by atoms with van der Waals surface area (Å²) in [4.78, 5) is 20.4. The lowest BCUT2D eigenvalue weighted by Crippen LogP contribution is -2.36. The second-order valence-electron chi connectivity index (χ2n) is 5.26. The van der Waals surface area contributed by atoms with Gasteiger partial charge in [-0.15, -0.1) is 5.10 Å². The van der Waals surface area contributed by atoms with Crippen LogP contribution >= 0.6 is 0 Å². The first kappa shape index (κ1) is 13.9. The highest BCUT2D eigenvalue weighted by atomic mass is 32.2. The molecular weight excluding hydrogens is 294 g/mol. The molecule has 0 saturated carbocycles. The zero-order valence-electron chi connectivity index (χ0n) is 11.7. The Balaban J connectivity index is 1.84. The van der Waals surface area contributed by atoms with Gasteiger partial charge in [-0.1, -0.05) is 0 Å². The first-order chi connectivity index (χ1) is 9.84. The molecule has 0 spiro atoms. The van der Waals surface area contributed by atoms with Crippen molar-refractivity contribution in [2.75, 3.05) is 11.5 Å². The third-order valence-corrected chi connectivity index (χ3v) is 5.16. The van der Waals surface area contributed by atoms with Crippen LogP contribution in [0.5, 0.6) is 0 Å². The Labute approximate surface area is 121 Å². The molecule has 3 rings (SSSR count). The van der Waals surface area contributed by atoms with Crippen LogP contribution in [-0.2, 0) is 9.84 Å². The van der Waals surface area contributed by atoms with Gasteiger partial charge in [0.25, 0.3) is 11.7 Å². The summed E-state index contributed by atoms with van der Waals surface area (Å²) in [6, 6.07) is 1.47. The smallest absolute Gasteiger partial charge is 0.291 e. The third-order valence-electron chi connectivity index (χ3n) is 3.39. The quantitative estimate of drug-likeness (QED) is 0.813. The molecule has 1 amide bonds. The molecule has 1 fully saturated rings. The SMILES string of the molecule is Cc1cc(C)n2nc(C(=O)NC3CCS(=O)(=O)C3)nc2n1. The van der Waals surface area contributed by atoms with Crippen molar-refractivity contribution in [2.45, 2.75) is 26.3 Å². The van der Waals surface area contributed by atoms with E-state index in [4.69, 9.17) is 0 Å². The summed E-state index contributed by atoms with van der Waals surface area (Å²) in [5.74, 6) is -0.0318. The lowest BCUT2D eigenvalue weighted by molar-refractivity contribution is 0.0931. The van der Waals surface area contributed by atoms with E-state index in [-0.39, 0.29) is 23.4 Å². The van der Waals surface area contributed by atoms with Crippen LogP contribution in [-0.4, -0.2) is 51.5 Å². The topological polar surface area (TPSA) is 106 Å². The van der Waals surface area contributed by atoms with E-state index < -0.39 is 15.7 Å². The van der Waals surface area contributed by atoms with Gasteiger partial charge in [0.1, 0.15) is 0 Å². The molecule has 0 radical (unpaired) electrons. The summed E-state index contributed by atoms with van der Waals surface area (Å²) in [6.07, 6.45) is 0.428. The molecule has 0 aliphatic carbocycles. The predicted molar refractivity (Wildman–Crippen MR) is 74.8 cm³/mol. The molecule has 2 aromatic heterocycles. The molecule has 8 nitrogen and oxygen atoms in total. The average Bonchev–Trinajstić information content (AvgIpc) is 2.93. The molecule has 1 aliphatic heterocycles. The summed E-state index contributed by atoms with van der Waals surface area (Å²) < 4.78 is 24.3. The maximum absolute atomic E-state index is 12.1. The molecule has 1 unspecified atom stereocenters. The first-order valence-electron chi connectivity index (χ1n) is 6.56. The number of nitrogens with one attached hydrogen (secondary N) is 1. The molecule has 1 atom stereocenters. The van der Waals surface area contributed by atoms with Gasteiger partial charge in [0.15, 0.2) is 9.84 Å². The van der Waals surface area contributed by atoms with E-state index in [0.717, 1.165) is 11.4 Å². The van der Waals surface area contributed by atoms with E-state index >= 15 is 0 Å². The molecule has 1 N–H and O–H groups in total. The van der Waals surface area contributed by atoms with Gasteiger partial charge in [0.2, 0.25) is 5.82 Å². The van der Waals surface area contributed by atoms with Gasteiger partial charge < -0.3 is 5.32 Å². The van der Waals surface area contributed by atoms with Gasteiger partial charge >= 0.3 is 0 Å². The van der Waals surface area contributed by atoms with Gasteiger partial charge in [0.05, 0.1) is 11.5 Å². The van der Waals surface area contributed by atoms with Crippen molar-refractivity contribution in [2.24, 2.45) is 0 Å². The number of hydrogen-bond acceptors (Lipinski definition) is 6. The predicted octanol–water partition coefficient (Wildman–Crippen LogP) is -0.342. The van der Waals surface area contributed by atoms with Crippen LogP contribution in [0, 0.1) is 13.8 Å². The molecule has 3 heterocycles. The van der Waals surface area contributed by atoms with Crippen molar-refractivity contribution in [3.05, 3.63) is 23.3 Å². The fourth-order valence-electron chi connectivity index (χ4n) is 2.42. The molecule has 112 valence electrons. The van der Waals surface area contributed by atoms with Crippen LogP contribution in [0.2, 0.25) is 0 Å². The van der Waals surface area contributed by atoms with Gasteiger partial charge in [-0.2, -0.15) is 4.98 Å². The Bertz CT molecular complexity index is 827. The van der Waals surface area contributed by atoms with Gasteiger partial charge in [0, 0.05) is 17.4 Å². The van der Waals surface area contributed by atoms with Crippen LogP contribution in [0.25, 0.3) is 5.78 Å². The number of aryl methyl sites for hydroxylation is 2. The summed E-state index contributed by atoms with van der Waals surface area (Å²) >= 11 is 0. The van der Waals surface area contributed by atoms with Crippen molar-refractivity contribution in [1.82, 2.24) is 24.9 Å². The van der Waals surface area contributed by atoms with E-state index in [9.17, 15) is 13.2 Å². The highest BCUT2D eigenvalue weighted by Crippen LogP contribution is 2.12. The standard InChI is InChI=1S/C12H15N5O3S/c1-7-5-8(2)17-12(13-7)15-10(16-17)11(18)14-9-3-4-21(19,20)6-9/h5,9H,3-4,6H2,1-2H3,(H,14,18). The Morgan fingerprint density at radius 1 is 1.38 bits per heavy atom. The number of nitrogens with zero attached hydrogens (tertiary/aromatic N) is 4. The van der Waals surface area contributed by atoms with Crippen LogP contribution in [0.3, 0.4) is 0 Å². The van der Waals surface area contributed by atoms with Gasteiger partial charge in [-0.25, -0.2) is 17.9 Å². The number of hydrogen-bond donors (Lipinski definition) is 1. The molecule has 1 saturated heterocycles. The van der Waals surface area contributed by atoms with Gasteiger partial charge in [-0.3, -0.25) is 4.79 Å². The number of sulfone groups is 1. The Morgan fingerprint density at radius 3 is 2.81 bits per heavy atom. The summed E-state index contributed by atoms with van der Waals surface area (Å²) in [6.45, 7) is 3.69. The van der Waals surface area contributed by atoms with Crippen molar-refractivity contribution in [3.8, 4) is 0 Å². The zero-order chi connectivity index (χ0) is 15.2. The molecule has 9 heteroatoms. The van der Waals surface area contributed by atoms with Crippen LogP contribution in [0.15, 0.2) is 6.07 Å². The molecule has 0 aromatic carbocycles. The minimum absolute atomic E-state index is 0.000461. The molecule has 1 aliphatic rings. The summed E-state index contributed by atoms with van der Waals surface area (Å²) in [7, 11) is -3.03. The third kappa shape index (κ3) is 2.73. The van der Waals surface area contributed by atoms with Crippen molar-refractivity contribution >= 4 is 21.5 Å². The fraction of sp³-hybridized carbons (Fsp3) is 0.500. The van der Waals surface area contributed by atoms with E-state index in [1.807, 2.05) is 19.9 Å². The number of amides is 1. The van der Waals surface area contributed by atoms with Crippen LogP contribution < -0.4 is 5.32 Å². The van der Waals surface area contributed by atoms with Crippen LogP contribution in [0.1, 0.15) is 28.4 Å². The van der Waals surface area contributed by atoms with Crippen molar-refractivity contribution < 1.29 is 13.2 Å². The Kier molecular flexibility index (Phi) is 3.16. The second-order valence-corrected chi connectivity index (χ2v) is 7.49. The molecule has 0 bridgehead atoms. The Morgan fingerprint density at radius 2 is 2.14 bits per heavy atom. The molecule has 2 aromatic rings. The van der Waals surface area contributed by atoms with Crippen molar-refractivity contribution in [3.63, 3.8) is 0 Å². The monoisotopic (exact) mass is 309 g/mol. The van der Waals surface area contributed by atoms with Gasteiger partial charge in [-0.05, 0) is 26.3 Å². The average molecular weight is 309 g/mol. The number of carbonyl (C=O) groups excluding carboxylic acids is 1. The summed E-state index contributed by atoms with van der Waals surface area (Å²) in [5.41, 5.74) is 1.62. The maximum atomic E-state index is 12.1. The number of aromatic nitrogens is 4. The highest BCUT2D eigenvalue weighted by Gasteiger charge is 2.30. The Hall–Kier alpha value is -2.03. The lowest BCUT2D eigenvalue weighted by Gasteiger charge is -2.07. The van der Waals surface area contributed by atoms with Crippen molar-refractivity contribution in [1.29, 1.82) is 0 Å². The number of fused-ring (bicyclic) bond motifs is 1. The van der Waals surface area contributed by atoms with Crippen LogP contribution in [0.4, 0.5) is 0 Å². The maximum Gasteiger partial charge on any atom is 0.291 e. The number of rotatable bonds is 2. The second kappa shape index (κ2) is 4.76. The molecule has 21 heavy (non-hydrogen) atoms. The van der Waals surface area contributed by atoms with E-state index in [1.165, 1.54) is 4.52 Å². The zero-order valence-corrected chi connectivity index (χ0v) is 12.5. The van der Waals surface area contributed by atoms with E-state index in [2.05, 4.69) is 20.4 Å². The number of carbonyl (C=O) groups is 1. The minimum Gasteiger partial charge on any atom is -0.345 e. The largest absolute Gasteiger partial charge is 0.345 e. The van der Waals surface area contributed by atoms with E-state index in [1.54, 1.807) is 0 Å².